The number of hydrogen-bond donors (Lipinski definition) is 1. The van der Waals surface area contributed by atoms with Crippen LogP contribution in [0.15, 0.2) is 24.5 Å². The number of carbonyl (C=O) groups is 1. The summed E-state index contributed by atoms with van der Waals surface area (Å²) in [6.45, 7) is 2.12. The molecule has 102 valence electrons. The summed E-state index contributed by atoms with van der Waals surface area (Å²) in [4.78, 5) is 15.4. The monoisotopic (exact) mass is 264 g/mol. The second-order valence-corrected chi connectivity index (χ2v) is 4.02. The van der Waals surface area contributed by atoms with Gasteiger partial charge < -0.3 is 19.1 Å². The van der Waals surface area contributed by atoms with Gasteiger partial charge in [-0.25, -0.2) is 9.78 Å². The van der Waals surface area contributed by atoms with Gasteiger partial charge in [-0.15, -0.1) is 0 Å². The highest BCUT2D eigenvalue weighted by atomic mass is 16.5. The number of carboxylic acids is 1. The molecule has 0 amide bonds. The fourth-order valence-corrected chi connectivity index (χ4v) is 1.88. The lowest BCUT2D eigenvalue weighted by Gasteiger charge is -2.07. The van der Waals surface area contributed by atoms with Crippen LogP contribution in [-0.4, -0.2) is 47.6 Å². The van der Waals surface area contributed by atoms with Gasteiger partial charge in [0, 0.05) is 13.7 Å². The Morgan fingerprint density at radius 2 is 2.21 bits per heavy atom. The number of benzene rings is 1. The molecule has 1 aromatic carbocycles. The van der Waals surface area contributed by atoms with Crippen LogP contribution in [0, 0.1) is 0 Å². The molecule has 0 unspecified atom stereocenters. The third-order valence-corrected chi connectivity index (χ3v) is 2.78. The summed E-state index contributed by atoms with van der Waals surface area (Å²) in [7, 11) is 1.62. The Bertz CT molecular complexity index is 565. The number of hydrogen-bond acceptors (Lipinski definition) is 4. The summed E-state index contributed by atoms with van der Waals surface area (Å²) in [5, 5.41) is 9.18. The fourth-order valence-electron chi connectivity index (χ4n) is 1.88. The summed E-state index contributed by atoms with van der Waals surface area (Å²) < 4.78 is 12.1. The van der Waals surface area contributed by atoms with Gasteiger partial charge in [-0.05, 0) is 12.1 Å². The third kappa shape index (κ3) is 3.10. The molecule has 0 saturated carbocycles. The van der Waals surface area contributed by atoms with Crippen LogP contribution >= 0.6 is 0 Å². The van der Waals surface area contributed by atoms with Crippen LogP contribution in [0.3, 0.4) is 0 Å². The summed E-state index contributed by atoms with van der Waals surface area (Å²) in [6.07, 6.45) is 1.64. The summed E-state index contributed by atoms with van der Waals surface area (Å²) in [5.41, 5.74) is 1.56. The van der Waals surface area contributed by atoms with Gasteiger partial charge in [-0.3, -0.25) is 0 Å². The van der Waals surface area contributed by atoms with Crippen LogP contribution in [0.1, 0.15) is 10.4 Å². The van der Waals surface area contributed by atoms with Crippen molar-refractivity contribution in [3.63, 3.8) is 0 Å². The van der Waals surface area contributed by atoms with E-state index in [0.29, 0.717) is 37.4 Å². The maximum atomic E-state index is 11.2. The van der Waals surface area contributed by atoms with Crippen LogP contribution in [-0.2, 0) is 16.0 Å². The first-order valence-electron chi connectivity index (χ1n) is 5.98. The predicted octanol–water partition coefficient (Wildman–Crippen LogP) is 1.40. The first-order valence-corrected chi connectivity index (χ1v) is 5.98. The van der Waals surface area contributed by atoms with Gasteiger partial charge in [-0.2, -0.15) is 0 Å². The highest BCUT2D eigenvalue weighted by molar-refractivity contribution is 6.01. The minimum atomic E-state index is -0.951. The largest absolute Gasteiger partial charge is 0.478 e. The normalized spacial score (nSPS) is 11.0. The van der Waals surface area contributed by atoms with E-state index >= 15 is 0 Å². The molecular weight excluding hydrogens is 248 g/mol. The molecule has 0 aliphatic heterocycles. The number of para-hydroxylation sites is 1. The number of fused-ring (bicyclic) bond motifs is 1. The number of methoxy groups -OCH3 is 1. The van der Waals surface area contributed by atoms with Crippen molar-refractivity contribution in [1.82, 2.24) is 9.55 Å². The minimum absolute atomic E-state index is 0.256. The quantitative estimate of drug-likeness (QED) is 0.765. The Labute approximate surface area is 110 Å². The van der Waals surface area contributed by atoms with Crippen molar-refractivity contribution in [3.05, 3.63) is 30.1 Å². The average molecular weight is 264 g/mol. The average Bonchev–Trinajstić information content (AvgIpc) is 2.81. The molecule has 2 aromatic rings. The van der Waals surface area contributed by atoms with Crippen molar-refractivity contribution in [3.8, 4) is 0 Å². The van der Waals surface area contributed by atoms with Crippen molar-refractivity contribution < 1.29 is 19.4 Å². The number of carboxylic acid groups (broad SMARTS) is 1. The fraction of sp³-hybridized carbons (Fsp3) is 0.385. The van der Waals surface area contributed by atoms with Gasteiger partial charge >= 0.3 is 5.97 Å². The van der Waals surface area contributed by atoms with Gasteiger partial charge in [0.1, 0.15) is 0 Å². The smallest absolute Gasteiger partial charge is 0.337 e. The molecule has 6 heteroatoms. The van der Waals surface area contributed by atoms with Gasteiger partial charge in [0.15, 0.2) is 0 Å². The van der Waals surface area contributed by atoms with Crippen molar-refractivity contribution in [2.45, 2.75) is 6.54 Å². The molecule has 1 N–H and O–H groups in total. The molecule has 0 spiro atoms. The highest BCUT2D eigenvalue weighted by Crippen LogP contribution is 2.17. The van der Waals surface area contributed by atoms with E-state index in [1.54, 1.807) is 36.2 Å². The first-order chi connectivity index (χ1) is 9.24. The van der Waals surface area contributed by atoms with E-state index in [4.69, 9.17) is 9.47 Å². The molecule has 2 rings (SSSR count). The number of aromatic carboxylic acids is 1. The number of aromatic nitrogens is 2. The van der Waals surface area contributed by atoms with Crippen molar-refractivity contribution in [2.75, 3.05) is 26.9 Å². The second kappa shape index (κ2) is 6.31. The van der Waals surface area contributed by atoms with E-state index in [1.807, 2.05) is 0 Å². The van der Waals surface area contributed by atoms with Crippen LogP contribution in [0.2, 0.25) is 0 Å². The van der Waals surface area contributed by atoms with Crippen molar-refractivity contribution >= 4 is 17.0 Å². The highest BCUT2D eigenvalue weighted by Gasteiger charge is 2.12. The zero-order valence-electron chi connectivity index (χ0n) is 10.7. The zero-order chi connectivity index (χ0) is 13.7. The Morgan fingerprint density at radius 1 is 1.37 bits per heavy atom. The van der Waals surface area contributed by atoms with Gasteiger partial charge in [-0.1, -0.05) is 6.07 Å². The molecular formula is C13H16N2O4. The standard InChI is InChI=1S/C13H16N2O4/c1-18-7-8-19-6-5-15-9-14-11-4-2-3-10(12(11)15)13(16)17/h2-4,9H,5-8H2,1H3,(H,16,17). The van der Waals surface area contributed by atoms with E-state index in [0.717, 1.165) is 0 Å². The lowest BCUT2D eigenvalue weighted by Crippen LogP contribution is -2.10. The van der Waals surface area contributed by atoms with E-state index in [9.17, 15) is 9.90 Å². The van der Waals surface area contributed by atoms with Gasteiger partial charge in [0.25, 0.3) is 0 Å². The van der Waals surface area contributed by atoms with E-state index in [2.05, 4.69) is 4.98 Å². The summed E-state index contributed by atoms with van der Waals surface area (Å²) in [5.74, 6) is -0.951. The SMILES string of the molecule is COCCOCCn1cnc2cccc(C(=O)O)c21. The Morgan fingerprint density at radius 3 is 2.95 bits per heavy atom. The van der Waals surface area contributed by atoms with Gasteiger partial charge in [0.2, 0.25) is 0 Å². The second-order valence-electron chi connectivity index (χ2n) is 4.02. The zero-order valence-corrected chi connectivity index (χ0v) is 10.7. The van der Waals surface area contributed by atoms with Crippen molar-refractivity contribution in [1.29, 1.82) is 0 Å². The molecule has 0 radical (unpaired) electrons. The number of rotatable bonds is 7. The lowest BCUT2D eigenvalue weighted by atomic mass is 10.2. The van der Waals surface area contributed by atoms with Crippen LogP contribution in [0.5, 0.6) is 0 Å². The number of imidazole rings is 1. The molecule has 1 aromatic heterocycles. The lowest BCUT2D eigenvalue weighted by molar-refractivity contribution is 0.0666. The van der Waals surface area contributed by atoms with Crippen LogP contribution in [0.4, 0.5) is 0 Å². The molecule has 0 aliphatic carbocycles. The third-order valence-electron chi connectivity index (χ3n) is 2.78. The topological polar surface area (TPSA) is 73.6 Å². The molecule has 0 saturated heterocycles. The van der Waals surface area contributed by atoms with Crippen molar-refractivity contribution in [2.24, 2.45) is 0 Å². The van der Waals surface area contributed by atoms with Crippen LogP contribution < -0.4 is 0 Å². The molecule has 0 atom stereocenters. The molecule has 0 fully saturated rings. The summed E-state index contributed by atoms with van der Waals surface area (Å²) >= 11 is 0. The Balaban J connectivity index is 2.12. The van der Waals surface area contributed by atoms with E-state index in [-0.39, 0.29) is 5.56 Å². The van der Waals surface area contributed by atoms with Gasteiger partial charge in [0.05, 0.1) is 42.7 Å². The maximum absolute atomic E-state index is 11.2. The van der Waals surface area contributed by atoms with Crippen LogP contribution in [0.25, 0.3) is 11.0 Å². The molecule has 1 heterocycles. The molecule has 6 nitrogen and oxygen atoms in total. The first kappa shape index (κ1) is 13.5. The number of ether oxygens (including phenoxy) is 2. The number of nitrogens with zero attached hydrogens (tertiary/aromatic N) is 2. The predicted molar refractivity (Wildman–Crippen MR) is 69.4 cm³/mol. The molecule has 19 heavy (non-hydrogen) atoms. The maximum Gasteiger partial charge on any atom is 0.337 e. The van der Waals surface area contributed by atoms with E-state index < -0.39 is 5.97 Å². The Kier molecular flexibility index (Phi) is 4.48. The van der Waals surface area contributed by atoms with E-state index in [1.165, 1.54) is 0 Å². The molecule has 0 aliphatic rings. The Hall–Kier alpha value is -1.92. The molecule has 0 bridgehead atoms. The minimum Gasteiger partial charge on any atom is -0.478 e. The summed E-state index contributed by atoms with van der Waals surface area (Å²) in [6, 6.07) is 5.07.